The predicted octanol–water partition coefficient (Wildman–Crippen LogP) is 2.25. The molecule has 0 saturated heterocycles. The fraction of sp³-hybridized carbons (Fsp3) is 0.500. The van der Waals surface area contributed by atoms with Crippen molar-refractivity contribution in [2.75, 3.05) is 12.4 Å². The average molecular weight is 164 g/mol. The zero-order valence-electron chi connectivity index (χ0n) is 8.02. The maximum atomic E-state index is 4.41. The van der Waals surface area contributed by atoms with Crippen LogP contribution in [0.2, 0.25) is 0 Å². The van der Waals surface area contributed by atoms with Gasteiger partial charge in [-0.2, -0.15) is 0 Å². The second kappa shape index (κ2) is 4.10. The summed E-state index contributed by atoms with van der Waals surface area (Å²) < 4.78 is 0. The van der Waals surface area contributed by atoms with Crippen molar-refractivity contribution in [3.05, 3.63) is 23.4 Å². The van der Waals surface area contributed by atoms with Crippen molar-refractivity contribution < 1.29 is 0 Å². The Morgan fingerprint density at radius 2 is 2.00 bits per heavy atom. The molecule has 2 heteroatoms. The summed E-state index contributed by atoms with van der Waals surface area (Å²) in [6, 6.07) is 4.26. The van der Waals surface area contributed by atoms with Gasteiger partial charge in [0, 0.05) is 12.7 Å². The van der Waals surface area contributed by atoms with Crippen molar-refractivity contribution in [3.63, 3.8) is 0 Å². The molecule has 1 aromatic rings. The molecule has 0 unspecified atom stereocenters. The second-order valence-corrected chi connectivity index (χ2v) is 2.81. The number of nitrogens with zero attached hydrogens (tertiary/aromatic N) is 1. The molecule has 0 bridgehead atoms. The molecule has 1 N–H and O–H groups in total. The van der Waals surface area contributed by atoms with Crippen LogP contribution in [0.25, 0.3) is 0 Å². The normalized spacial score (nSPS) is 9.92. The van der Waals surface area contributed by atoms with Crippen LogP contribution in [0.15, 0.2) is 12.1 Å². The second-order valence-electron chi connectivity index (χ2n) is 2.81. The molecule has 0 aliphatic heterocycles. The van der Waals surface area contributed by atoms with Gasteiger partial charge >= 0.3 is 0 Å². The van der Waals surface area contributed by atoms with E-state index in [4.69, 9.17) is 0 Å². The number of hydrogen-bond donors (Lipinski definition) is 1. The Morgan fingerprint density at radius 1 is 1.25 bits per heavy atom. The molecular weight excluding hydrogens is 148 g/mol. The van der Waals surface area contributed by atoms with Crippen LogP contribution in [0.1, 0.15) is 25.1 Å². The number of aromatic nitrogens is 1. The molecule has 12 heavy (non-hydrogen) atoms. The minimum Gasteiger partial charge on any atom is -0.373 e. The van der Waals surface area contributed by atoms with Gasteiger partial charge in [-0.15, -0.1) is 0 Å². The SMILES string of the molecule is CCc1cc(CC)nc(NC)c1. The lowest BCUT2D eigenvalue weighted by atomic mass is 10.1. The van der Waals surface area contributed by atoms with Gasteiger partial charge < -0.3 is 5.32 Å². The maximum absolute atomic E-state index is 4.41. The first-order valence-electron chi connectivity index (χ1n) is 4.47. The van der Waals surface area contributed by atoms with E-state index in [2.05, 4.69) is 36.3 Å². The fourth-order valence-electron chi connectivity index (χ4n) is 1.16. The summed E-state index contributed by atoms with van der Waals surface area (Å²) in [7, 11) is 1.90. The first-order valence-corrected chi connectivity index (χ1v) is 4.47. The van der Waals surface area contributed by atoms with Gasteiger partial charge in [-0.05, 0) is 30.5 Å². The smallest absolute Gasteiger partial charge is 0.126 e. The van der Waals surface area contributed by atoms with E-state index in [0.717, 1.165) is 18.7 Å². The summed E-state index contributed by atoms with van der Waals surface area (Å²) in [6.45, 7) is 4.29. The molecule has 66 valence electrons. The van der Waals surface area contributed by atoms with Crippen molar-refractivity contribution >= 4 is 5.82 Å². The topological polar surface area (TPSA) is 24.9 Å². The monoisotopic (exact) mass is 164 g/mol. The summed E-state index contributed by atoms with van der Waals surface area (Å²) in [5, 5.41) is 3.07. The first-order chi connectivity index (χ1) is 5.80. The van der Waals surface area contributed by atoms with Crippen LogP contribution in [-0.4, -0.2) is 12.0 Å². The number of rotatable bonds is 3. The lowest BCUT2D eigenvalue weighted by molar-refractivity contribution is 1.01. The molecule has 0 amide bonds. The minimum atomic E-state index is 0.978. The van der Waals surface area contributed by atoms with E-state index in [1.54, 1.807) is 0 Å². The Balaban J connectivity index is 3.01. The molecule has 0 fully saturated rings. The Labute approximate surface area is 74.0 Å². The molecule has 1 aromatic heterocycles. The van der Waals surface area contributed by atoms with Crippen LogP contribution in [0.4, 0.5) is 5.82 Å². The number of hydrogen-bond acceptors (Lipinski definition) is 2. The van der Waals surface area contributed by atoms with E-state index >= 15 is 0 Å². The lowest BCUT2D eigenvalue weighted by Crippen LogP contribution is -1.97. The van der Waals surface area contributed by atoms with Crippen LogP contribution in [0, 0.1) is 0 Å². The Kier molecular flexibility index (Phi) is 3.09. The van der Waals surface area contributed by atoms with E-state index < -0.39 is 0 Å². The molecule has 2 nitrogen and oxygen atoms in total. The number of anilines is 1. The third kappa shape index (κ3) is 1.97. The molecule has 0 saturated carbocycles. The molecule has 0 aromatic carbocycles. The van der Waals surface area contributed by atoms with Crippen molar-refractivity contribution in [3.8, 4) is 0 Å². The van der Waals surface area contributed by atoms with Gasteiger partial charge in [0.05, 0.1) is 0 Å². The highest BCUT2D eigenvalue weighted by Gasteiger charge is 1.97. The highest BCUT2D eigenvalue weighted by molar-refractivity contribution is 5.39. The van der Waals surface area contributed by atoms with Crippen LogP contribution >= 0.6 is 0 Å². The zero-order valence-corrected chi connectivity index (χ0v) is 8.02. The van der Waals surface area contributed by atoms with Crippen LogP contribution in [-0.2, 0) is 12.8 Å². The first kappa shape index (κ1) is 9.04. The molecule has 0 radical (unpaired) electrons. The average Bonchev–Trinajstić information content (AvgIpc) is 2.16. The maximum Gasteiger partial charge on any atom is 0.126 e. The van der Waals surface area contributed by atoms with Gasteiger partial charge in [-0.3, -0.25) is 0 Å². The van der Waals surface area contributed by atoms with Crippen LogP contribution < -0.4 is 5.32 Å². The fourth-order valence-corrected chi connectivity index (χ4v) is 1.16. The number of aryl methyl sites for hydroxylation is 2. The molecule has 1 rings (SSSR count). The third-order valence-corrected chi connectivity index (χ3v) is 1.96. The highest BCUT2D eigenvalue weighted by atomic mass is 15.0. The standard InChI is InChI=1S/C10H16N2/c1-4-8-6-9(5-2)12-10(7-8)11-3/h6-7H,4-5H2,1-3H3,(H,11,12). The molecule has 0 aliphatic carbocycles. The van der Waals surface area contributed by atoms with E-state index in [0.29, 0.717) is 0 Å². The number of nitrogens with one attached hydrogen (secondary N) is 1. The van der Waals surface area contributed by atoms with Gasteiger partial charge in [0.15, 0.2) is 0 Å². The Morgan fingerprint density at radius 3 is 2.50 bits per heavy atom. The van der Waals surface area contributed by atoms with E-state index in [9.17, 15) is 0 Å². The van der Waals surface area contributed by atoms with Crippen LogP contribution in [0.3, 0.4) is 0 Å². The highest BCUT2D eigenvalue weighted by Crippen LogP contribution is 2.10. The van der Waals surface area contributed by atoms with Gasteiger partial charge in [0.2, 0.25) is 0 Å². The quantitative estimate of drug-likeness (QED) is 0.741. The summed E-state index contributed by atoms with van der Waals surface area (Å²) in [4.78, 5) is 4.41. The van der Waals surface area contributed by atoms with Crippen molar-refractivity contribution in [2.24, 2.45) is 0 Å². The van der Waals surface area contributed by atoms with Gasteiger partial charge in [-0.1, -0.05) is 13.8 Å². The largest absolute Gasteiger partial charge is 0.373 e. The van der Waals surface area contributed by atoms with E-state index in [1.165, 1.54) is 11.3 Å². The Bertz CT molecular complexity index is 201. The van der Waals surface area contributed by atoms with Gasteiger partial charge in [-0.25, -0.2) is 4.98 Å². The third-order valence-electron chi connectivity index (χ3n) is 1.96. The van der Waals surface area contributed by atoms with Gasteiger partial charge in [0.1, 0.15) is 5.82 Å². The predicted molar refractivity (Wildman–Crippen MR) is 52.5 cm³/mol. The zero-order chi connectivity index (χ0) is 8.97. The van der Waals surface area contributed by atoms with E-state index in [-0.39, 0.29) is 0 Å². The van der Waals surface area contributed by atoms with Crippen molar-refractivity contribution in [2.45, 2.75) is 26.7 Å². The molecule has 0 aliphatic rings. The summed E-state index contributed by atoms with van der Waals surface area (Å²) in [5.41, 5.74) is 2.52. The van der Waals surface area contributed by atoms with E-state index in [1.807, 2.05) is 7.05 Å². The molecule has 1 heterocycles. The van der Waals surface area contributed by atoms with Crippen LogP contribution in [0.5, 0.6) is 0 Å². The summed E-state index contributed by atoms with van der Waals surface area (Å²) in [6.07, 6.45) is 2.08. The van der Waals surface area contributed by atoms with Crippen molar-refractivity contribution in [1.82, 2.24) is 4.98 Å². The van der Waals surface area contributed by atoms with Crippen molar-refractivity contribution in [1.29, 1.82) is 0 Å². The Hall–Kier alpha value is -1.05. The molecule has 0 spiro atoms. The molecular formula is C10H16N2. The van der Waals surface area contributed by atoms with Gasteiger partial charge in [0.25, 0.3) is 0 Å². The summed E-state index contributed by atoms with van der Waals surface area (Å²) >= 11 is 0. The number of pyridine rings is 1. The minimum absolute atomic E-state index is 0.978. The molecule has 0 atom stereocenters. The lowest BCUT2D eigenvalue weighted by Gasteiger charge is -2.05. The summed E-state index contributed by atoms with van der Waals surface area (Å²) in [5.74, 6) is 0.978.